The summed E-state index contributed by atoms with van der Waals surface area (Å²) in [4.78, 5) is 14.4. The summed E-state index contributed by atoms with van der Waals surface area (Å²) in [5.74, 6) is 1.05. The Morgan fingerprint density at radius 2 is 2.32 bits per heavy atom. The monoisotopic (exact) mass is 305 g/mol. The van der Waals surface area contributed by atoms with Gasteiger partial charge in [0.25, 0.3) is 0 Å². The van der Waals surface area contributed by atoms with Crippen LogP contribution in [0.15, 0.2) is 24.3 Å². The Kier molecular flexibility index (Phi) is 6.72. The molecule has 1 unspecified atom stereocenters. The standard InChI is InChI=1S/C18H27NO3/c1-3-4-10-18(20)19(14-17-9-6-11-22-17)13-15-7-5-8-16(12-15)21-2/h5,7-8,12,17H,3-4,6,9-11,13-14H2,1-2H3. The molecule has 0 spiro atoms. The second kappa shape index (κ2) is 8.79. The minimum absolute atomic E-state index is 0.191. The molecule has 1 aliphatic heterocycles. The van der Waals surface area contributed by atoms with E-state index < -0.39 is 0 Å². The van der Waals surface area contributed by atoms with Crippen molar-refractivity contribution in [2.45, 2.75) is 51.7 Å². The molecule has 4 heteroatoms. The number of nitrogens with zero attached hydrogens (tertiary/aromatic N) is 1. The molecule has 0 radical (unpaired) electrons. The number of carbonyl (C=O) groups excluding carboxylic acids is 1. The summed E-state index contributed by atoms with van der Waals surface area (Å²) < 4.78 is 11.0. The van der Waals surface area contributed by atoms with Crippen molar-refractivity contribution in [3.05, 3.63) is 29.8 Å². The Bertz CT molecular complexity index is 469. The molecular weight excluding hydrogens is 278 g/mol. The van der Waals surface area contributed by atoms with Crippen molar-refractivity contribution < 1.29 is 14.3 Å². The SMILES string of the molecule is CCCCC(=O)N(Cc1cccc(OC)c1)CC1CCCO1. The van der Waals surface area contributed by atoms with Gasteiger partial charge in [0.05, 0.1) is 13.2 Å². The van der Waals surface area contributed by atoms with Crippen LogP contribution in [0.4, 0.5) is 0 Å². The third-order valence-electron chi connectivity index (χ3n) is 4.05. The first-order valence-electron chi connectivity index (χ1n) is 8.25. The van der Waals surface area contributed by atoms with Crippen LogP contribution >= 0.6 is 0 Å². The second-order valence-corrected chi connectivity index (χ2v) is 5.86. The van der Waals surface area contributed by atoms with Crippen LogP contribution in [0.5, 0.6) is 5.75 Å². The number of amides is 1. The van der Waals surface area contributed by atoms with E-state index in [4.69, 9.17) is 9.47 Å². The summed E-state index contributed by atoms with van der Waals surface area (Å²) in [6.07, 6.45) is 4.94. The molecule has 2 rings (SSSR count). The zero-order chi connectivity index (χ0) is 15.8. The Morgan fingerprint density at radius 3 is 3.00 bits per heavy atom. The third kappa shape index (κ3) is 5.02. The third-order valence-corrected chi connectivity index (χ3v) is 4.05. The van der Waals surface area contributed by atoms with Gasteiger partial charge in [0, 0.05) is 26.1 Å². The van der Waals surface area contributed by atoms with Crippen molar-refractivity contribution >= 4 is 5.91 Å². The van der Waals surface area contributed by atoms with Crippen LogP contribution in [0, 0.1) is 0 Å². The van der Waals surface area contributed by atoms with Crippen molar-refractivity contribution in [2.75, 3.05) is 20.3 Å². The second-order valence-electron chi connectivity index (χ2n) is 5.86. The Hall–Kier alpha value is -1.55. The van der Waals surface area contributed by atoms with Gasteiger partial charge in [-0.05, 0) is 37.0 Å². The molecule has 1 amide bonds. The quantitative estimate of drug-likeness (QED) is 0.739. The van der Waals surface area contributed by atoms with Crippen LogP contribution in [0.2, 0.25) is 0 Å². The van der Waals surface area contributed by atoms with Gasteiger partial charge in [0.15, 0.2) is 0 Å². The van der Waals surface area contributed by atoms with Crippen LogP contribution in [0.3, 0.4) is 0 Å². The fourth-order valence-corrected chi connectivity index (χ4v) is 2.77. The molecule has 4 nitrogen and oxygen atoms in total. The smallest absolute Gasteiger partial charge is 0.222 e. The summed E-state index contributed by atoms with van der Waals surface area (Å²) in [6.45, 7) is 4.25. The van der Waals surface area contributed by atoms with Crippen molar-refractivity contribution in [3.8, 4) is 5.75 Å². The van der Waals surface area contributed by atoms with Crippen LogP contribution in [0.1, 0.15) is 44.6 Å². The van der Waals surface area contributed by atoms with Crippen LogP contribution in [0.25, 0.3) is 0 Å². The van der Waals surface area contributed by atoms with E-state index in [-0.39, 0.29) is 12.0 Å². The van der Waals surface area contributed by atoms with Crippen LogP contribution in [-0.2, 0) is 16.1 Å². The number of hydrogen-bond acceptors (Lipinski definition) is 3. The van der Waals surface area contributed by atoms with Crippen LogP contribution in [-0.4, -0.2) is 37.2 Å². The van der Waals surface area contributed by atoms with Gasteiger partial charge >= 0.3 is 0 Å². The molecule has 1 aromatic carbocycles. The highest BCUT2D eigenvalue weighted by Crippen LogP contribution is 2.18. The van der Waals surface area contributed by atoms with Gasteiger partial charge in [-0.25, -0.2) is 0 Å². The van der Waals surface area contributed by atoms with E-state index in [1.165, 1.54) is 0 Å². The first-order chi connectivity index (χ1) is 10.7. The molecule has 122 valence electrons. The lowest BCUT2D eigenvalue weighted by Gasteiger charge is -2.26. The average molecular weight is 305 g/mol. The van der Waals surface area contributed by atoms with Gasteiger partial charge in [-0.1, -0.05) is 25.5 Å². The average Bonchev–Trinajstić information content (AvgIpc) is 3.05. The predicted molar refractivity (Wildman–Crippen MR) is 86.9 cm³/mol. The van der Waals surface area contributed by atoms with E-state index in [1.54, 1.807) is 7.11 Å². The molecule has 0 N–H and O–H groups in total. The molecule has 0 saturated carbocycles. The fourth-order valence-electron chi connectivity index (χ4n) is 2.77. The molecule has 1 heterocycles. The molecule has 1 saturated heterocycles. The number of unbranched alkanes of at least 4 members (excludes halogenated alkanes) is 1. The first kappa shape index (κ1) is 16.8. The topological polar surface area (TPSA) is 38.8 Å². The summed E-state index contributed by atoms with van der Waals surface area (Å²) >= 11 is 0. The highest BCUT2D eigenvalue weighted by Gasteiger charge is 2.22. The van der Waals surface area contributed by atoms with Crippen molar-refractivity contribution in [3.63, 3.8) is 0 Å². The minimum Gasteiger partial charge on any atom is -0.497 e. The van der Waals surface area contributed by atoms with Gasteiger partial charge in [0.2, 0.25) is 5.91 Å². The lowest BCUT2D eigenvalue weighted by molar-refractivity contribution is -0.133. The van der Waals surface area contributed by atoms with Crippen molar-refractivity contribution in [2.24, 2.45) is 0 Å². The van der Waals surface area contributed by atoms with Gasteiger partial charge < -0.3 is 14.4 Å². The number of methoxy groups -OCH3 is 1. The number of carbonyl (C=O) groups is 1. The molecule has 1 aromatic rings. The van der Waals surface area contributed by atoms with Gasteiger partial charge in [-0.3, -0.25) is 4.79 Å². The summed E-state index contributed by atoms with van der Waals surface area (Å²) in [5, 5.41) is 0. The molecule has 1 aliphatic rings. The van der Waals surface area contributed by atoms with E-state index in [2.05, 4.69) is 6.92 Å². The Balaban J connectivity index is 2.02. The van der Waals surface area contributed by atoms with E-state index in [1.807, 2.05) is 29.2 Å². The molecule has 0 aromatic heterocycles. The number of hydrogen-bond donors (Lipinski definition) is 0. The van der Waals surface area contributed by atoms with Crippen molar-refractivity contribution in [1.82, 2.24) is 4.90 Å². The lowest BCUT2D eigenvalue weighted by Crippen LogP contribution is -2.36. The molecule has 1 atom stereocenters. The predicted octanol–water partition coefficient (Wildman–Crippen LogP) is 3.39. The first-order valence-corrected chi connectivity index (χ1v) is 8.25. The number of benzene rings is 1. The van der Waals surface area contributed by atoms with E-state index in [9.17, 15) is 4.79 Å². The highest BCUT2D eigenvalue weighted by molar-refractivity contribution is 5.76. The lowest BCUT2D eigenvalue weighted by atomic mass is 10.1. The van der Waals surface area contributed by atoms with Gasteiger partial charge in [0.1, 0.15) is 5.75 Å². The van der Waals surface area contributed by atoms with E-state index in [0.717, 1.165) is 43.6 Å². The maximum absolute atomic E-state index is 12.5. The molecule has 0 bridgehead atoms. The number of rotatable bonds is 8. The summed E-state index contributed by atoms with van der Waals surface area (Å²) in [6, 6.07) is 7.93. The zero-order valence-electron chi connectivity index (χ0n) is 13.7. The number of ether oxygens (including phenoxy) is 2. The normalized spacial score (nSPS) is 17.5. The van der Waals surface area contributed by atoms with Crippen molar-refractivity contribution in [1.29, 1.82) is 0 Å². The highest BCUT2D eigenvalue weighted by atomic mass is 16.5. The maximum atomic E-state index is 12.5. The van der Waals surface area contributed by atoms with Crippen LogP contribution < -0.4 is 4.74 Å². The van der Waals surface area contributed by atoms with E-state index in [0.29, 0.717) is 19.5 Å². The summed E-state index contributed by atoms with van der Waals surface area (Å²) in [7, 11) is 1.66. The maximum Gasteiger partial charge on any atom is 0.222 e. The molecule has 0 aliphatic carbocycles. The van der Waals surface area contributed by atoms with E-state index >= 15 is 0 Å². The fraction of sp³-hybridized carbons (Fsp3) is 0.611. The zero-order valence-corrected chi connectivity index (χ0v) is 13.7. The van der Waals surface area contributed by atoms with Gasteiger partial charge in [-0.2, -0.15) is 0 Å². The summed E-state index contributed by atoms with van der Waals surface area (Å²) in [5.41, 5.74) is 1.10. The molecular formula is C18H27NO3. The molecule has 1 fully saturated rings. The molecule has 22 heavy (non-hydrogen) atoms. The largest absolute Gasteiger partial charge is 0.497 e. The minimum atomic E-state index is 0.191. The Morgan fingerprint density at radius 1 is 1.45 bits per heavy atom. The Labute approximate surface area is 133 Å². The van der Waals surface area contributed by atoms with Gasteiger partial charge in [-0.15, -0.1) is 0 Å².